The zero-order valence-electron chi connectivity index (χ0n) is 14.2. The van der Waals surface area contributed by atoms with Crippen molar-refractivity contribution in [3.05, 3.63) is 75.5 Å². The first kappa shape index (κ1) is 17.9. The number of benzene rings is 1. The van der Waals surface area contributed by atoms with E-state index in [4.69, 9.17) is 22.1 Å². The summed E-state index contributed by atoms with van der Waals surface area (Å²) in [6.07, 6.45) is 2.62. The van der Waals surface area contributed by atoms with E-state index in [-0.39, 0.29) is 11.4 Å². The van der Waals surface area contributed by atoms with Crippen LogP contribution in [0.3, 0.4) is 0 Å². The van der Waals surface area contributed by atoms with Gasteiger partial charge in [-0.3, -0.25) is 4.79 Å². The van der Waals surface area contributed by atoms with Gasteiger partial charge in [-0.15, -0.1) is 0 Å². The largest absolute Gasteiger partial charge is 0.482 e. The third-order valence-electron chi connectivity index (χ3n) is 4.02. The van der Waals surface area contributed by atoms with Crippen molar-refractivity contribution < 1.29 is 9.13 Å². The summed E-state index contributed by atoms with van der Waals surface area (Å²) in [4.78, 5) is 16.4. The molecule has 0 bridgehead atoms. The third kappa shape index (κ3) is 3.55. The zero-order valence-corrected chi connectivity index (χ0v) is 15.0. The Bertz CT molecular complexity index is 1020. The molecule has 3 aromatic rings. The van der Waals surface area contributed by atoms with Gasteiger partial charge in [-0.2, -0.15) is 0 Å². The van der Waals surface area contributed by atoms with Gasteiger partial charge in [-0.05, 0) is 43.3 Å². The highest BCUT2D eigenvalue weighted by atomic mass is 35.5. The highest BCUT2D eigenvalue weighted by molar-refractivity contribution is 6.31. The molecule has 0 amide bonds. The Hall–Kier alpha value is -2.86. The maximum absolute atomic E-state index is 13.5. The number of nitrogen functional groups attached to an aromatic ring is 1. The van der Waals surface area contributed by atoms with Crippen LogP contribution in [0.5, 0.6) is 5.75 Å². The molecule has 26 heavy (non-hydrogen) atoms. The first-order valence-corrected chi connectivity index (χ1v) is 8.27. The van der Waals surface area contributed by atoms with E-state index in [1.165, 1.54) is 29.0 Å². The summed E-state index contributed by atoms with van der Waals surface area (Å²) >= 11 is 6.12. The smallest absolute Gasteiger partial charge is 0.258 e. The van der Waals surface area contributed by atoms with Crippen molar-refractivity contribution in [2.75, 3.05) is 5.73 Å². The first-order valence-electron chi connectivity index (χ1n) is 7.90. The van der Waals surface area contributed by atoms with Crippen molar-refractivity contribution >= 4 is 17.4 Å². The Morgan fingerprint density at radius 3 is 2.85 bits per heavy atom. The van der Waals surface area contributed by atoms with Crippen LogP contribution in [0.25, 0.3) is 11.1 Å². The number of nitrogens with two attached hydrogens (primary N) is 1. The predicted octanol–water partition coefficient (Wildman–Crippen LogP) is 3.96. The van der Waals surface area contributed by atoms with Crippen molar-refractivity contribution in [1.82, 2.24) is 9.55 Å². The van der Waals surface area contributed by atoms with Gasteiger partial charge < -0.3 is 15.0 Å². The van der Waals surface area contributed by atoms with Gasteiger partial charge in [0.2, 0.25) is 0 Å². The van der Waals surface area contributed by atoms with E-state index in [2.05, 4.69) is 4.98 Å². The normalized spacial score (nSPS) is 12.0. The van der Waals surface area contributed by atoms with Crippen molar-refractivity contribution in [3.63, 3.8) is 0 Å². The number of aromatic nitrogens is 2. The van der Waals surface area contributed by atoms with Crippen LogP contribution in [-0.2, 0) is 7.05 Å². The molecule has 2 aromatic heterocycles. The van der Waals surface area contributed by atoms with Gasteiger partial charge in [0.05, 0.1) is 0 Å². The third-order valence-corrected chi connectivity index (χ3v) is 4.36. The molecule has 2 N–H and O–H groups in total. The number of anilines is 1. The predicted molar refractivity (Wildman–Crippen MR) is 99.8 cm³/mol. The number of aryl methyl sites for hydroxylation is 1. The van der Waals surface area contributed by atoms with Gasteiger partial charge in [0, 0.05) is 41.2 Å². The molecule has 0 fully saturated rings. The van der Waals surface area contributed by atoms with Crippen LogP contribution in [-0.4, -0.2) is 9.55 Å². The number of nitrogens with zero attached hydrogens (tertiary/aromatic N) is 2. The molecule has 0 aliphatic rings. The van der Waals surface area contributed by atoms with E-state index in [0.717, 1.165) is 0 Å². The maximum atomic E-state index is 13.5. The number of hydrogen-bond donors (Lipinski definition) is 1. The molecule has 5 nitrogen and oxygen atoms in total. The first-order chi connectivity index (χ1) is 12.4. The van der Waals surface area contributed by atoms with E-state index >= 15 is 0 Å². The summed E-state index contributed by atoms with van der Waals surface area (Å²) in [5.41, 5.74) is 7.29. The van der Waals surface area contributed by atoms with Crippen molar-refractivity contribution in [3.8, 4) is 16.9 Å². The minimum atomic E-state index is -0.559. The van der Waals surface area contributed by atoms with E-state index in [9.17, 15) is 9.18 Å². The molecule has 1 atom stereocenters. The quantitative estimate of drug-likeness (QED) is 0.751. The van der Waals surface area contributed by atoms with E-state index < -0.39 is 11.9 Å². The second kappa shape index (κ2) is 7.17. The van der Waals surface area contributed by atoms with Crippen LogP contribution in [0, 0.1) is 5.82 Å². The second-order valence-electron chi connectivity index (χ2n) is 5.87. The Kier molecular flexibility index (Phi) is 4.95. The Morgan fingerprint density at radius 2 is 2.08 bits per heavy atom. The fourth-order valence-corrected chi connectivity index (χ4v) is 2.87. The minimum absolute atomic E-state index is 0.161. The van der Waals surface area contributed by atoms with E-state index in [1.807, 2.05) is 0 Å². The van der Waals surface area contributed by atoms with Gasteiger partial charge in [0.25, 0.3) is 5.56 Å². The molecule has 0 saturated heterocycles. The average Bonchev–Trinajstić information content (AvgIpc) is 2.61. The SMILES string of the molecule is CC(Oc1cc(-c2cccn(C)c2=O)cnc1N)c1cc(F)ccc1Cl. The van der Waals surface area contributed by atoms with E-state index in [1.54, 1.807) is 38.4 Å². The van der Waals surface area contributed by atoms with Gasteiger partial charge >= 0.3 is 0 Å². The standard InChI is InChI=1S/C19H17ClFN3O2/c1-11(15-9-13(21)5-6-16(15)20)26-17-8-12(10-23-18(17)22)14-4-3-7-24(2)19(14)25/h3-11H,1-2H3,(H2,22,23). The fraction of sp³-hybridized carbons (Fsp3) is 0.158. The van der Waals surface area contributed by atoms with Gasteiger partial charge in [-0.1, -0.05) is 11.6 Å². The fourth-order valence-electron chi connectivity index (χ4n) is 2.59. The number of hydrogen-bond acceptors (Lipinski definition) is 4. The number of halogens is 2. The molecule has 0 aliphatic heterocycles. The molecule has 0 spiro atoms. The number of ether oxygens (including phenoxy) is 1. The maximum Gasteiger partial charge on any atom is 0.258 e. The average molecular weight is 374 g/mol. The number of rotatable bonds is 4. The summed E-state index contributed by atoms with van der Waals surface area (Å²) in [7, 11) is 1.67. The van der Waals surface area contributed by atoms with E-state index in [0.29, 0.717) is 27.5 Å². The lowest BCUT2D eigenvalue weighted by Gasteiger charge is -2.18. The lowest BCUT2D eigenvalue weighted by molar-refractivity contribution is 0.227. The molecule has 2 heterocycles. The van der Waals surface area contributed by atoms with Crippen LogP contribution in [0.15, 0.2) is 53.6 Å². The Morgan fingerprint density at radius 1 is 1.31 bits per heavy atom. The summed E-state index contributed by atoms with van der Waals surface area (Å²) in [5, 5.41) is 0.388. The Labute approximate surface area is 154 Å². The molecule has 0 saturated carbocycles. The Balaban J connectivity index is 1.97. The van der Waals surface area contributed by atoms with Gasteiger partial charge in [-0.25, -0.2) is 9.37 Å². The summed E-state index contributed by atoms with van der Waals surface area (Å²) in [6, 6.07) is 9.17. The van der Waals surface area contributed by atoms with Crippen molar-refractivity contribution in [2.45, 2.75) is 13.0 Å². The van der Waals surface area contributed by atoms with Crippen molar-refractivity contribution in [2.24, 2.45) is 7.05 Å². The number of pyridine rings is 2. The van der Waals surface area contributed by atoms with Crippen LogP contribution < -0.4 is 16.0 Å². The monoisotopic (exact) mass is 373 g/mol. The zero-order chi connectivity index (χ0) is 18.8. The molecule has 3 rings (SSSR count). The second-order valence-corrected chi connectivity index (χ2v) is 6.28. The van der Waals surface area contributed by atoms with Crippen LogP contribution >= 0.6 is 11.6 Å². The van der Waals surface area contributed by atoms with Crippen LogP contribution in [0.4, 0.5) is 10.2 Å². The molecule has 0 radical (unpaired) electrons. The van der Waals surface area contributed by atoms with Crippen LogP contribution in [0.1, 0.15) is 18.6 Å². The lowest BCUT2D eigenvalue weighted by atomic mass is 10.1. The molecule has 1 aromatic carbocycles. The van der Waals surface area contributed by atoms with Gasteiger partial charge in [0.15, 0.2) is 11.6 Å². The minimum Gasteiger partial charge on any atom is -0.482 e. The highest BCUT2D eigenvalue weighted by Crippen LogP contribution is 2.32. The summed E-state index contributed by atoms with van der Waals surface area (Å²) in [5.74, 6) is 0.0506. The molecular weight excluding hydrogens is 357 g/mol. The highest BCUT2D eigenvalue weighted by Gasteiger charge is 2.16. The summed E-state index contributed by atoms with van der Waals surface area (Å²) < 4.78 is 20.8. The van der Waals surface area contributed by atoms with Gasteiger partial charge in [0.1, 0.15) is 11.9 Å². The molecule has 134 valence electrons. The molecular formula is C19H17ClFN3O2. The molecule has 0 aliphatic carbocycles. The summed E-state index contributed by atoms with van der Waals surface area (Å²) in [6.45, 7) is 1.73. The van der Waals surface area contributed by atoms with Crippen LogP contribution in [0.2, 0.25) is 5.02 Å². The topological polar surface area (TPSA) is 70.1 Å². The molecule has 1 unspecified atom stereocenters. The molecule has 7 heteroatoms. The van der Waals surface area contributed by atoms with Crippen molar-refractivity contribution in [1.29, 1.82) is 0 Å². The lowest BCUT2D eigenvalue weighted by Crippen LogP contribution is -2.17.